The lowest BCUT2D eigenvalue weighted by atomic mass is 9.90. The summed E-state index contributed by atoms with van der Waals surface area (Å²) < 4.78 is 47.3. The van der Waals surface area contributed by atoms with Gasteiger partial charge in [-0.05, 0) is 52.9 Å². The first-order valence-corrected chi connectivity index (χ1v) is 13.9. The molecule has 0 aliphatic rings. The van der Waals surface area contributed by atoms with E-state index in [4.69, 9.17) is 9.52 Å². The molecule has 0 radical (unpaired) electrons. The van der Waals surface area contributed by atoms with Crippen molar-refractivity contribution < 1.29 is 27.5 Å². The number of fused-ring (bicyclic) bond motifs is 1. The number of hydrogen-bond donors (Lipinski definition) is 1. The second-order valence-electron chi connectivity index (χ2n) is 10.6. The molecule has 0 saturated heterocycles. The molecule has 4 nitrogen and oxygen atoms in total. The first-order valence-electron chi connectivity index (χ1n) is 13.9. The minimum atomic E-state index is -4.42. The van der Waals surface area contributed by atoms with Gasteiger partial charge in [-0.15, -0.1) is 0 Å². The van der Waals surface area contributed by atoms with Gasteiger partial charge in [-0.3, -0.25) is 9.69 Å². The van der Waals surface area contributed by atoms with Gasteiger partial charge >= 0.3 is 12.1 Å². The van der Waals surface area contributed by atoms with Gasteiger partial charge in [0, 0.05) is 37.4 Å². The van der Waals surface area contributed by atoms with Crippen LogP contribution in [0.4, 0.5) is 13.2 Å². The van der Waals surface area contributed by atoms with Crippen LogP contribution in [0.5, 0.6) is 0 Å². The fourth-order valence-electron chi connectivity index (χ4n) is 5.48. The summed E-state index contributed by atoms with van der Waals surface area (Å²) in [4.78, 5) is 13.3. The Hall–Kier alpha value is -4.36. The highest BCUT2D eigenvalue weighted by atomic mass is 19.4. The van der Waals surface area contributed by atoms with Crippen molar-refractivity contribution in [1.29, 1.82) is 0 Å². The van der Waals surface area contributed by atoms with Crippen LogP contribution >= 0.6 is 0 Å². The van der Waals surface area contributed by atoms with Crippen molar-refractivity contribution in [3.8, 4) is 0 Å². The van der Waals surface area contributed by atoms with Crippen molar-refractivity contribution in [3.63, 3.8) is 0 Å². The fourth-order valence-corrected chi connectivity index (χ4v) is 5.48. The third kappa shape index (κ3) is 7.09. The Balaban J connectivity index is 1.45. The van der Waals surface area contributed by atoms with E-state index in [9.17, 15) is 18.0 Å². The minimum absolute atomic E-state index is 0.00718. The summed E-state index contributed by atoms with van der Waals surface area (Å²) in [5.74, 6) is -0.167. The molecule has 0 aliphatic carbocycles. The van der Waals surface area contributed by atoms with Gasteiger partial charge in [0.2, 0.25) is 0 Å². The number of rotatable bonds is 11. The zero-order valence-electron chi connectivity index (χ0n) is 23.3. The largest absolute Gasteiger partial charge is 0.481 e. The minimum Gasteiger partial charge on any atom is -0.481 e. The zero-order valence-corrected chi connectivity index (χ0v) is 23.3. The number of aliphatic carboxylic acids is 1. The van der Waals surface area contributed by atoms with Crippen LogP contribution in [-0.2, 0) is 30.4 Å². The van der Waals surface area contributed by atoms with Gasteiger partial charge in [0.25, 0.3) is 0 Å². The first kappa shape index (κ1) is 29.1. The van der Waals surface area contributed by atoms with E-state index in [1.165, 1.54) is 13.0 Å². The predicted molar refractivity (Wildman–Crippen MR) is 157 cm³/mol. The number of hydrogen-bond acceptors (Lipinski definition) is 3. The molecule has 216 valence electrons. The Kier molecular flexibility index (Phi) is 8.78. The van der Waals surface area contributed by atoms with Crippen LogP contribution in [0.2, 0.25) is 0 Å². The molecule has 7 heteroatoms. The van der Waals surface area contributed by atoms with E-state index in [1.807, 2.05) is 48.5 Å². The lowest BCUT2D eigenvalue weighted by molar-refractivity contribution is -0.138. The first-order chi connectivity index (χ1) is 20.2. The highest BCUT2D eigenvalue weighted by molar-refractivity contribution is 5.80. The SMILES string of the molecule is Cc1c(CN(CCc2cc3ccc(CC(=O)O)cc3o2)CC(c2ccccc2)c2ccccc2)cccc1C(F)(F)F. The van der Waals surface area contributed by atoms with Crippen molar-refractivity contribution >= 4 is 16.9 Å². The number of benzene rings is 4. The van der Waals surface area contributed by atoms with Gasteiger partial charge in [0.15, 0.2) is 0 Å². The second-order valence-corrected chi connectivity index (χ2v) is 10.6. The molecule has 42 heavy (non-hydrogen) atoms. The Morgan fingerprint density at radius 3 is 2.17 bits per heavy atom. The number of nitrogens with zero attached hydrogens (tertiary/aromatic N) is 1. The van der Waals surface area contributed by atoms with Crippen molar-refractivity contribution in [1.82, 2.24) is 4.90 Å². The summed E-state index contributed by atoms with van der Waals surface area (Å²) in [6.07, 6.45) is -3.97. The van der Waals surface area contributed by atoms with Gasteiger partial charge < -0.3 is 9.52 Å². The van der Waals surface area contributed by atoms with Crippen molar-refractivity contribution in [2.45, 2.75) is 38.4 Å². The number of halogens is 3. The van der Waals surface area contributed by atoms with E-state index in [1.54, 1.807) is 18.2 Å². The maximum absolute atomic E-state index is 13.7. The fraction of sp³-hybridized carbons (Fsp3) is 0.229. The molecule has 0 atom stereocenters. The van der Waals surface area contributed by atoms with Gasteiger partial charge in [-0.25, -0.2) is 0 Å². The molecule has 1 N–H and O–H groups in total. The maximum atomic E-state index is 13.7. The molecular weight excluding hydrogens is 539 g/mol. The van der Waals surface area contributed by atoms with Gasteiger partial charge in [-0.2, -0.15) is 13.2 Å². The van der Waals surface area contributed by atoms with E-state index in [0.29, 0.717) is 42.8 Å². The number of alkyl halides is 3. The summed E-state index contributed by atoms with van der Waals surface area (Å²) in [7, 11) is 0. The number of furan rings is 1. The van der Waals surface area contributed by atoms with Crippen LogP contribution < -0.4 is 0 Å². The highest BCUT2D eigenvalue weighted by Crippen LogP contribution is 2.34. The average Bonchev–Trinajstić information content (AvgIpc) is 3.37. The smallest absolute Gasteiger partial charge is 0.416 e. The number of carboxylic acids is 1. The third-order valence-electron chi connectivity index (χ3n) is 7.66. The molecule has 1 aromatic heterocycles. The molecule has 0 bridgehead atoms. The molecule has 0 unspecified atom stereocenters. The van der Waals surface area contributed by atoms with E-state index in [0.717, 1.165) is 28.3 Å². The highest BCUT2D eigenvalue weighted by Gasteiger charge is 2.33. The lowest BCUT2D eigenvalue weighted by Gasteiger charge is -2.29. The normalized spacial score (nSPS) is 12.0. The summed E-state index contributed by atoms with van der Waals surface area (Å²) in [6.45, 7) is 3.02. The maximum Gasteiger partial charge on any atom is 0.416 e. The number of carboxylic acid groups (broad SMARTS) is 1. The summed E-state index contributed by atoms with van der Waals surface area (Å²) in [5.41, 5.74) is 3.79. The quantitative estimate of drug-likeness (QED) is 0.173. The summed E-state index contributed by atoms with van der Waals surface area (Å²) >= 11 is 0. The topological polar surface area (TPSA) is 53.7 Å². The van der Waals surface area contributed by atoms with Crippen LogP contribution in [0.1, 0.15) is 45.1 Å². The molecule has 0 amide bonds. The van der Waals surface area contributed by atoms with Crippen LogP contribution in [0.3, 0.4) is 0 Å². The summed E-state index contributed by atoms with van der Waals surface area (Å²) in [6, 6.07) is 32.0. The molecule has 0 spiro atoms. The van der Waals surface area contributed by atoms with Crippen LogP contribution in [0.15, 0.2) is 108 Å². The molecule has 4 aromatic carbocycles. The molecule has 5 rings (SSSR count). The van der Waals surface area contributed by atoms with Gasteiger partial charge in [0.05, 0.1) is 12.0 Å². The van der Waals surface area contributed by atoms with Gasteiger partial charge in [0.1, 0.15) is 11.3 Å². The Morgan fingerprint density at radius 2 is 1.55 bits per heavy atom. The predicted octanol–water partition coefficient (Wildman–Crippen LogP) is 8.26. The third-order valence-corrected chi connectivity index (χ3v) is 7.66. The monoisotopic (exact) mass is 571 g/mol. The average molecular weight is 572 g/mol. The molecule has 0 saturated carbocycles. The molecular formula is C35H32F3NO3. The zero-order chi connectivity index (χ0) is 29.7. The van der Waals surface area contributed by atoms with Crippen LogP contribution in [0, 0.1) is 6.92 Å². The molecule has 1 heterocycles. The Bertz CT molecular complexity index is 1610. The van der Waals surface area contributed by atoms with Crippen LogP contribution in [0.25, 0.3) is 11.0 Å². The lowest BCUT2D eigenvalue weighted by Crippen LogP contribution is -2.31. The van der Waals surface area contributed by atoms with Crippen molar-refractivity contribution in [2.75, 3.05) is 13.1 Å². The van der Waals surface area contributed by atoms with E-state index in [-0.39, 0.29) is 17.9 Å². The summed E-state index contributed by atoms with van der Waals surface area (Å²) in [5, 5.41) is 10.0. The van der Waals surface area contributed by atoms with Gasteiger partial charge in [-0.1, -0.05) is 84.9 Å². The van der Waals surface area contributed by atoms with Crippen molar-refractivity contribution in [2.24, 2.45) is 0 Å². The van der Waals surface area contributed by atoms with E-state index in [2.05, 4.69) is 29.2 Å². The molecule has 0 aliphatic heterocycles. The van der Waals surface area contributed by atoms with E-state index >= 15 is 0 Å². The Morgan fingerprint density at radius 1 is 0.881 bits per heavy atom. The van der Waals surface area contributed by atoms with Crippen LogP contribution in [-0.4, -0.2) is 29.1 Å². The second kappa shape index (κ2) is 12.7. The molecule has 5 aromatic rings. The number of carbonyl (C=O) groups is 1. The Labute approximate surface area is 243 Å². The molecule has 0 fully saturated rings. The van der Waals surface area contributed by atoms with E-state index < -0.39 is 17.7 Å². The van der Waals surface area contributed by atoms with Crippen molar-refractivity contribution in [3.05, 3.63) is 142 Å². The standard InChI is InChI=1S/C35H32F3NO3/c1-24-29(13-8-14-32(24)35(36,37)38)22-39(23-31(26-9-4-2-5-10-26)27-11-6-3-7-12-27)18-17-30-21-28-16-15-25(20-34(40)41)19-33(28)42-30/h2-16,19,21,31H,17-18,20,22-23H2,1H3,(H,40,41).